The number of benzene rings is 2. The van der Waals surface area contributed by atoms with Crippen molar-refractivity contribution < 1.29 is 28.2 Å². The number of nitrogens with one attached hydrogen (secondary N) is 1. The number of fused-ring (bicyclic) bond motifs is 1. The van der Waals surface area contributed by atoms with Crippen LogP contribution < -0.4 is 10.1 Å². The van der Waals surface area contributed by atoms with Crippen molar-refractivity contribution in [1.29, 1.82) is 0 Å². The lowest BCUT2D eigenvalue weighted by molar-refractivity contribution is 0.0699. The first-order chi connectivity index (χ1) is 13.4. The van der Waals surface area contributed by atoms with E-state index in [-0.39, 0.29) is 17.4 Å². The molecule has 28 heavy (non-hydrogen) atoms. The SMILES string of the molecule is COCCNc1cc2oc(-c3ccc(F)cc3)c(C(=O)O)c2cc1OC(C)C. The molecule has 0 saturated carbocycles. The van der Waals surface area contributed by atoms with Gasteiger partial charge in [0.2, 0.25) is 0 Å². The van der Waals surface area contributed by atoms with Gasteiger partial charge in [-0.3, -0.25) is 0 Å². The summed E-state index contributed by atoms with van der Waals surface area (Å²) >= 11 is 0. The second kappa shape index (κ2) is 8.31. The Labute approximate surface area is 161 Å². The average Bonchev–Trinajstić information content (AvgIpc) is 3.00. The van der Waals surface area contributed by atoms with Crippen LogP contribution in [-0.4, -0.2) is 37.4 Å². The third-order valence-electron chi connectivity index (χ3n) is 4.09. The lowest BCUT2D eigenvalue weighted by atomic mass is 10.0. The van der Waals surface area contributed by atoms with Crippen LogP contribution in [0.5, 0.6) is 5.75 Å². The molecule has 0 spiro atoms. The van der Waals surface area contributed by atoms with Crippen LogP contribution in [0.1, 0.15) is 24.2 Å². The minimum atomic E-state index is -1.13. The van der Waals surface area contributed by atoms with Gasteiger partial charge in [0.05, 0.1) is 18.4 Å². The molecule has 2 N–H and O–H groups in total. The molecule has 6 nitrogen and oxygen atoms in total. The van der Waals surface area contributed by atoms with E-state index in [4.69, 9.17) is 13.9 Å². The molecule has 0 bridgehead atoms. The molecule has 0 fully saturated rings. The standard InChI is InChI=1S/C21H22FNO5/c1-12(2)27-18-10-15-17(11-16(18)23-8-9-26-3)28-20(19(15)21(24)25)13-4-6-14(22)7-5-13/h4-7,10-12,23H,8-9H2,1-3H3,(H,24,25). The Hall–Kier alpha value is -3.06. The van der Waals surface area contributed by atoms with Gasteiger partial charge in [-0.1, -0.05) is 0 Å². The lowest BCUT2D eigenvalue weighted by Gasteiger charge is -2.15. The summed E-state index contributed by atoms with van der Waals surface area (Å²) in [5.41, 5.74) is 1.57. The Morgan fingerprint density at radius 2 is 1.96 bits per heavy atom. The Morgan fingerprint density at radius 1 is 1.25 bits per heavy atom. The molecule has 0 aliphatic rings. The van der Waals surface area contributed by atoms with Crippen LogP contribution in [0.15, 0.2) is 40.8 Å². The fourth-order valence-corrected chi connectivity index (χ4v) is 2.92. The van der Waals surface area contributed by atoms with Crippen LogP contribution in [0.4, 0.5) is 10.1 Å². The number of methoxy groups -OCH3 is 1. The monoisotopic (exact) mass is 387 g/mol. The fourth-order valence-electron chi connectivity index (χ4n) is 2.92. The molecule has 0 saturated heterocycles. The van der Waals surface area contributed by atoms with Crippen LogP contribution in [0, 0.1) is 5.82 Å². The number of hydrogen-bond donors (Lipinski definition) is 2. The molecule has 7 heteroatoms. The summed E-state index contributed by atoms with van der Waals surface area (Å²) in [4.78, 5) is 12.0. The zero-order chi connectivity index (χ0) is 20.3. The molecule has 148 valence electrons. The van der Waals surface area contributed by atoms with Gasteiger partial charge in [0, 0.05) is 30.7 Å². The number of hydrogen-bond acceptors (Lipinski definition) is 5. The van der Waals surface area contributed by atoms with E-state index < -0.39 is 11.8 Å². The van der Waals surface area contributed by atoms with Gasteiger partial charge in [0.15, 0.2) is 0 Å². The summed E-state index contributed by atoms with van der Waals surface area (Å²) in [6, 6.07) is 8.87. The number of carbonyl (C=O) groups is 1. The quantitative estimate of drug-likeness (QED) is 0.541. The third-order valence-corrected chi connectivity index (χ3v) is 4.09. The van der Waals surface area contributed by atoms with E-state index in [0.29, 0.717) is 41.1 Å². The Balaban J connectivity index is 2.17. The molecule has 0 unspecified atom stereocenters. The topological polar surface area (TPSA) is 80.9 Å². The summed E-state index contributed by atoms with van der Waals surface area (Å²) in [6.45, 7) is 4.83. The maximum Gasteiger partial charge on any atom is 0.340 e. The summed E-state index contributed by atoms with van der Waals surface area (Å²) in [5.74, 6) is -0.845. The number of rotatable bonds is 8. The normalized spacial score (nSPS) is 11.2. The van der Waals surface area contributed by atoms with Crippen molar-refractivity contribution in [3.05, 3.63) is 47.8 Å². The predicted octanol–water partition coefficient (Wildman–Crippen LogP) is 4.78. The Morgan fingerprint density at radius 3 is 2.57 bits per heavy atom. The van der Waals surface area contributed by atoms with E-state index >= 15 is 0 Å². The Kier molecular flexibility index (Phi) is 5.84. The van der Waals surface area contributed by atoms with Crippen LogP contribution in [-0.2, 0) is 4.74 Å². The van der Waals surface area contributed by atoms with Gasteiger partial charge >= 0.3 is 5.97 Å². The fraction of sp³-hybridized carbons (Fsp3) is 0.286. The first kappa shape index (κ1) is 19.7. The molecule has 0 radical (unpaired) electrons. The zero-order valence-corrected chi connectivity index (χ0v) is 15.9. The highest BCUT2D eigenvalue weighted by Crippen LogP contribution is 2.39. The number of halogens is 1. The zero-order valence-electron chi connectivity index (χ0n) is 15.9. The molecular formula is C21H22FNO5. The third kappa shape index (κ3) is 4.09. The van der Waals surface area contributed by atoms with Crippen molar-refractivity contribution in [2.75, 3.05) is 25.6 Å². The van der Waals surface area contributed by atoms with E-state index in [0.717, 1.165) is 0 Å². The van der Waals surface area contributed by atoms with Crippen LogP contribution in [0.2, 0.25) is 0 Å². The highest BCUT2D eigenvalue weighted by molar-refractivity contribution is 6.09. The maximum atomic E-state index is 13.3. The summed E-state index contributed by atoms with van der Waals surface area (Å²) in [5, 5.41) is 13.4. The van der Waals surface area contributed by atoms with Gasteiger partial charge in [0.25, 0.3) is 0 Å². The number of anilines is 1. The van der Waals surface area contributed by atoms with Gasteiger partial charge in [-0.05, 0) is 44.2 Å². The van der Waals surface area contributed by atoms with Crippen molar-refractivity contribution in [3.8, 4) is 17.1 Å². The number of furan rings is 1. The van der Waals surface area contributed by atoms with E-state index in [1.807, 2.05) is 13.8 Å². The van der Waals surface area contributed by atoms with Crippen LogP contribution in [0.25, 0.3) is 22.3 Å². The van der Waals surface area contributed by atoms with Crippen LogP contribution in [0.3, 0.4) is 0 Å². The lowest BCUT2D eigenvalue weighted by Crippen LogP contribution is -2.11. The minimum absolute atomic E-state index is 0.0126. The number of aromatic carboxylic acids is 1. The molecule has 3 rings (SSSR count). The van der Waals surface area contributed by atoms with Crippen molar-refractivity contribution in [2.45, 2.75) is 20.0 Å². The number of ether oxygens (including phenoxy) is 2. The average molecular weight is 387 g/mol. The molecule has 1 aromatic heterocycles. The first-order valence-corrected chi connectivity index (χ1v) is 8.90. The summed E-state index contributed by atoms with van der Waals surface area (Å²) in [7, 11) is 1.61. The summed E-state index contributed by atoms with van der Waals surface area (Å²) < 4.78 is 30.0. The van der Waals surface area contributed by atoms with E-state index in [9.17, 15) is 14.3 Å². The van der Waals surface area contributed by atoms with Gasteiger partial charge in [0.1, 0.15) is 28.5 Å². The molecule has 2 aromatic carbocycles. The molecule has 1 heterocycles. The molecule has 0 amide bonds. The van der Waals surface area contributed by atoms with Crippen molar-refractivity contribution in [1.82, 2.24) is 0 Å². The Bertz CT molecular complexity index is 979. The van der Waals surface area contributed by atoms with Crippen molar-refractivity contribution in [3.63, 3.8) is 0 Å². The predicted molar refractivity (Wildman–Crippen MR) is 105 cm³/mol. The minimum Gasteiger partial charge on any atom is -0.489 e. The highest BCUT2D eigenvalue weighted by atomic mass is 19.1. The molecule has 0 aliphatic carbocycles. The molecule has 0 aliphatic heterocycles. The molecule has 3 aromatic rings. The second-order valence-electron chi connectivity index (χ2n) is 6.55. The van der Waals surface area contributed by atoms with Gasteiger partial charge in [-0.2, -0.15) is 0 Å². The summed E-state index contributed by atoms with van der Waals surface area (Å²) in [6.07, 6.45) is -0.0998. The maximum absolute atomic E-state index is 13.3. The van der Waals surface area contributed by atoms with E-state index in [2.05, 4.69) is 5.32 Å². The molecular weight excluding hydrogens is 365 g/mol. The highest BCUT2D eigenvalue weighted by Gasteiger charge is 2.24. The van der Waals surface area contributed by atoms with Gasteiger partial charge in [-0.15, -0.1) is 0 Å². The van der Waals surface area contributed by atoms with Gasteiger partial charge < -0.3 is 24.3 Å². The van der Waals surface area contributed by atoms with Gasteiger partial charge in [-0.25, -0.2) is 9.18 Å². The first-order valence-electron chi connectivity index (χ1n) is 8.90. The number of carboxylic acids is 1. The van der Waals surface area contributed by atoms with E-state index in [1.54, 1.807) is 19.2 Å². The van der Waals surface area contributed by atoms with Crippen molar-refractivity contribution >= 4 is 22.6 Å². The second-order valence-corrected chi connectivity index (χ2v) is 6.55. The largest absolute Gasteiger partial charge is 0.489 e. The van der Waals surface area contributed by atoms with Crippen LogP contribution >= 0.6 is 0 Å². The van der Waals surface area contributed by atoms with E-state index in [1.165, 1.54) is 24.3 Å². The van der Waals surface area contributed by atoms with Crippen molar-refractivity contribution in [2.24, 2.45) is 0 Å². The smallest absolute Gasteiger partial charge is 0.340 e. The number of carboxylic acid groups (broad SMARTS) is 1. The molecule has 0 atom stereocenters.